The predicted molar refractivity (Wildman–Crippen MR) is 127 cm³/mol. The zero-order chi connectivity index (χ0) is 25.7. The quantitative estimate of drug-likeness (QED) is 0.212. The van der Waals surface area contributed by atoms with Crippen molar-refractivity contribution < 1.29 is 27.5 Å². The number of nitrogens with one attached hydrogen (secondary N) is 3. The predicted octanol–water partition coefficient (Wildman–Crippen LogP) is 4.04. The number of hydrogen-bond donors (Lipinski definition) is 3. The largest absolute Gasteiger partial charge is 0.491 e. The number of hydrogen-bond acceptors (Lipinski definition) is 7. The number of alkyl halides is 3. The lowest BCUT2D eigenvalue weighted by molar-refractivity contribution is -0.195. The van der Waals surface area contributed by atoms with Crippen LogP contribution in [-0.2, 0) is 14.3 Å². The number of fused-ring (bicyclic) bond motifs is 1. The average molecular weight is 495 g/mol. The lowest BCUT2D eigenvalue weighted by Gasteiger charge is -2.20. The standard InChI is InChI=1S/C25H20F3N5O3/c1-2-15-4-3-5-17(12-15)32-22-19-13-18(6-7-20(19)30-14-31-22)33-23(34)21(16-8-10-29-11-9-16)36-24(35)25(26,27)28/h1,3-7,12-14,29H,8-11H2,(H,33,34)(H,30,31,32). The highest BCUT2D eigenvalue weighted by atomic mass is 19.4. The first kappa shape index (κ1) is 24.7. The van der Waals surface area contributed by atoms with Crippen LogP contribution in [0.25, 0.3) is 10.9 Å². The Bertz CT molecular complexity index is 1390. The molecular formula is C25H20F3N5O3. The zero-order valence-corrected chi connectivity index (χ0v) is 18.8. The monoisotopic (exact) mass is 495 g/mol. The van der Waals surface area contributed by atoms with Gasteiger partial charge in [0.05, 0.1) is 5.52 Å². The molecule has 1 fully saturated rings. The van der Waals surface area contributed by atoms with E-state index in [4.69, 9.17) is 6.42 Å². The highest BCUT2D eigenvalue weighted by Gasteiger charge is 2.43. The molecule has 4 rings (SSSR count). The van der Waals surface area contributed by atoms with Crippen LogP contribution in [0.1, 0.15) is 18.4 Å². The summed E-state index contributed by atoms with van der Waals surface area (Å²) in [6, 6.07) is 11.8. The van der Waals surface area contributed by atoms with Crippen molar-refractivity contribution in [2.45, 2.75) is 19.0 Å². The van der Waals surface area contributed by atoms with Gasteiger partial charge in [0, 0.05) is 22.3 Å². The third-order valence-corrected chi connectivity index (χ3v) is 5.35. The van der Waals surface area contributed by atoms with Gasteiger partial charge in [-0.25, -0.2) is 14.8 Å². The lowest BCUT2D eigenvalue weighted by atomic mass is 10.0. The Labute approximate surface area is 204 Å². The molecule has 2 aromatic carbocycles. The second-order valence-corrected chi connectivity index (χ2v) is 7.83. The molecule has 36 heavy (non-hydrogen) atoms. The summed E-state index contributed by atoms with van der Waals surface area (Å²) in [5, 5.41) is 9.24. The van der Waals surface area contributed by atoms with Crippen molar-refractivity contribution in [3.05, 3.63) is 65.7 Å². The number of aromatic nitrogens is 2. The van der Waals surface area contributed by atoms with Crippen LogP contribution in [-0.4, -0.2) is 41.1 Å². The molecule has 8 nitrogen and oxygen atoms in total. The van der Waals surface area contributed by atoms with Crippen LogP contribution in [0.4, 0.5) is 30.4 Å². The Hall–Kier alpha value is -4.43. The summed E-state index contributed by atoms with van der Waals surface area (Å²) in [6.45, 7) is 0.887. The topological polar surface area (TPSA) is 105 Å². The summed E-state index contributed by atoms with van der Waals surface area (Å²) >= 11 is 0. The van der Waals surface area contributed by atoms with Crippen molar-refractivity contribution in [3.63, 3.8) is 0 Å². The molecule has 0 spiro atoms. The first-order chi connectivity index (χ1) is 17.2. The number of nitrogens with zero attached hydrogens (tertiary/aromatic N) is 2. The van der Waals surface area contributed by atoms with Gasteiger partial charge in [-0.1, -0.05) is 12.0 Å². The van der Waals surface area contributed by atoms with E-state index in [0.29, 0.717) is 46.6 Å². The molecule has 1 saturated heterocycles. The summed E-state index contributed by atoms with van der Waals surface area (Å²) in [4.78, 5) is 32.9. The van der Waals surface area contributed by atoms with Gasteiger partial charge in [-0.2, -0.15) is 13.2 Å². The first-order valence-corrected chi connectivity index (χ1v) is 10.9. The van der Waals surface area contributed by atoms with Crippen LogP contribution in [0, 0.1) is 12.3 Å². The molecule has 1 aliphatic rings. The Morgan fingerprint density at radius 2 is 1.83 bits per heavy atom. The Morgan fingerprint density at radius 1 is 1.06 bits per heavy atom. The Balaban J connectivity index is 1.63. The highest BCUT2D eigenvalue weighted by Crippen LogP contribution is 2.28. The number of amides is 1. The van der Waals surface area contributed by atoms with Crippen LogP contribution in [0.2, 0.25) is 0 Å². The fourth-order valence-electron chi connectivity index (χ4n) is 3.63. The fourth-order valence-corrected chi connectivity index (χ4v) is 3.63. The third-order valence-electron chi connectivity index (χ3n) is 5.35. The van der Waals surface area contributed by atoms with E-state index in [1.165, 1.54) is 12.4 Å². The Morgan fingerprint density at radius 3 is 2.56 bits per heavy atom. The smallest absolute Gasteiger partial charge is 0.414 e. The van der Waals surface area contributed by atoms with Gasteiger partial charge in [0.2, 0.25) is 0 Å². The third kappa shape index (κ3) is 5.79. The Kier molecular flexibility index (Phi) is 7.17. The normalized spacial score (nSPS) is 13.6. The van der Waals surface area contributed by atoms with Crippen LogP contribution in [0.5, 0.6) is 0 Å². The van der Waals surface area contributed by atoms with E-state index in [2.05, 4.69) is 36.6 Å². The van der Waals surface area contributed by atoms with E-state index in [9.17, 15) is 22.8 Å². The summed E-state index contributed by atoms with van der Waals surface area (Å²) in [5.74, 6) is -1.09. The SMILES string of the molecule is C#Cc1cccc(Nc2ncnc3ccc(NC(=O)C(OC(=O)C(F)(F)F)=C4CCNCC4)cc23)c1. The van der Waals surface area contributed by atoms with Crippen LogP contribution < -0.4 is 16.0 Å². The molecule has 1 aliphatic heterocycles. The summed E-state index contributed by atoms with van der Waals surface area (Å²) in [7, 11) is 0. The molecular weight excluding hydrogens is 475 g/mol. The maximum Gasteiger partial charge on any atom is 0.491 e. The minimum atomic E-state index is -5.24. The van der Waals surface area contributed by atoms with E-state index < -0.39 is 23.8 Å². The van der Waals surface area contributed by atoms with Gasteiger partial charge in [-0.15, -0.1) is 6.42 Å². The summed E-state index contributed by atoms with van der Waals surface area (Å²) in [6.07, 6.45) is 2.12. The minimum absolute atomic E-state index is 0.248. The van der Waals surface area contributed by atoms with Crippen LogP contribution in [0.3, 0.4) is 0 Å². The van der Waals surface area contributed by atoms with E-state index in [-0.39, 0.29) is 18.5 Å². The summed E-state index contributed by atoms with van der Waals surface area (Å²) in [5.41, 5.74) is 2.47. The molecule has 3 aromatic rings. The van der Waals surface area contributed by atoms with Gasteiger partial charge >= 0.3 is 12.1 Å². The second kappa shape index (κ2) is 10.5. The van der Waals surface area contributed by atoms with Gasteiger partial charge < -0.3 is 20.7 Å². The number of halogens is 3. The van der Waals surface area contributed by atoms with Crippen molar-refractivity contribution in [2.24, 2.45) is 0 Å². The van der Waals surface area contributed by atoms with Crippen molar-refractivity contribution in [3.8, 4) is 12.3 Å². The van der Waals surface area contributed by atoms with E-state index >= 15 is 0 Å². The zero-order valence-electron chi connectivity index (χ0n) is 18.8. The van der Waals surface area contributed by atoms with Gasteiger partial charge in [0.25, 0.3) is 5.91 Å². The molecule has 3 N–H and O–H groups in total. The molecule has 1 amide bonds. The van der Waals surface area contributed by atoms with E-state index in [1.807, 2.05) is 0 Å². The van der Waals surface area contributed by atoms with Crippen LogP contribution in [0.15, 0.2) is 60.1 Å². The van der Waals surface area contributed by atoms with E-state index in [0.717, 1.165) is 0 Å². The molecule has 0 aliphatic carbocycles. The minimum Gasteiger partial charge on any atom is -0.414 e. The fraction of sp³-hybridized carbons (Fsp3) is 0.200. The van der Waals surface area contributed by atoms with Crippen molar-refractivity contribution in [1.82, 2.24) is 15.3 Å². The number of ether oxygens (including phenoxy) is 1. The molecule has 184 valence electrons. The molecule has 1 aromatic heterocycles. The van der Waals surface area contributed by atoms with Gasteiger partial charge in [0.1, 0.15) is 12.1 Å². The molecule has 0 atom stereocenters. The molecule has 0 radical (unpaired) electrons. The molecule has 0 saturated carbocycles. The molecule has 0 unspecified atom stereocenters. The van der Waals surface area contributed by atoms with Gasteiger partial charge in [0.15, 0.2) is 5.76 Å². The second-order valence-electron chi connectivity index (χ2n) is 7.83. The number of esters is 1. The van der Waals surface area contributed by atoms with Gasteiger partial charge in [-0.3, -0.25) is 4.79 Å². The van der Waals surface area contributed by atoms with Crippen molar-refractivity contribution in [2.75, 3.05) is 23.7 Å². The van der Waals surface area contributed by atoms with Gasteiger partial charge in [-0.05, 0) is 67.9 Å². The maximum absolute atomic E-state index is 13.0. The first-order valence-electron chi connectivity index (χ1n) is 10.9. The maximum atomic E-state index is 13.0. The summed E-state index contributed by atoms with van der Waals surface area (Å²) < 4.78 is 43.0. The number of terminal acetylenes is 1. The number of rotatable bonds is 5. The number of anilines is 3. The molecule has 2 heterocycles. The molecule has 0 bridgehead atoms. The number of carbonyl (C=O) groups excluding carboxylic acids is 2. The molecule has 11 heteroatoms. The van der Waals surface area contributed by atoms with Crippen LogP contribution >= 0.6 is 0 Å². The highest BCUT2D eigenvalue weighted by molar-refractivity contribution is 6.06. The van der Waals surface area contributed by atoms with E-state index in [1.54, 1.807) is 36.4 Å². The number of benzene rings is 2. The number of piperidine rings is 1. The average Bonchev–Trinajstić information content (AvgIpc) is 2.87. The lowest BCUT2D eigenvalue weighted by Crippen LogP contribution is -2.31. The van der Waals surface area contributed by atoms with Crippen molar-refractivity contribution >= 4 is 40.0 Å². The number of carbonyl (C=O) groups is 2. The van der Waals surface area contributed by atoms with Crippen molar-refractivity contribution in [1.29, 1.82) is 0 Å².